The fourth-order valence-corrected chi connectivity index (χ4v) is 1.77. The first-order chi connectivity index (χ1) is 7.63. The summed E-state index contributed by atoms with van der Waals surface area (Å²) in [7, 11) is 2.08. The van der Waals surface area contributed by atoms with Gasteiger partial charge in [-0.3, -0.25) is 0 Å². The van der Waals surface area contributed by atoms with E-state index >= 15 is 0 Å². The predicted molar refractivity (Wildman–Crippen MR) is 70.7 cm³/mol. The van der Waals surface area contributed by atoms with Crippen LogP contribution < -0.4 is 4.90 Å². The van der Waals surface area contributed by atoms with Crippen LogP contribution in [0.2, 0.25) is 0 Å². The van der Waals surface area contributed by atoms with Crippen molar-refractivity contribution in [3.63, 3.8) is 0 Å². The van der Waals surface area contributed by atoms with Gasteiger partial charge in [0, 0.05) is 25.2 Å². The quantitative estimate of drug-likeness (QED) is 0.561. The highest BCUT2D eigenvalue weighted by Gasteiger charge is 2.02. The minimum Gasteiger partial charge on any atom is -0.378 e. The first-order valence-electron chi connectivity index (χ1n) is 5.56. The maximum Gasteiger partial charge on any atom is 0.0642 e. The maximum atomic E-state index is 5.54. The zero-order valence-corrected chi connectivity index (χ0v) is 11.0. The predicted octanol–water partition coefficient (Wildman–Crippen LogP) is 3.00. The molecule has 16 heavy (non-hydrogen) atoms. The molecule has 1 rings (SSSR count). The smallest absolute Gasteiger partial charge is 0.0642 e. The van der Waals surface area contributed by atoms with Gasteiger partial charge in [0.1, 0.15) is 0 Å². The van der Waals surface area contributed by atoms with Crippen LogP contribution in [0.1, 0.15) is 11.1 Å². The molecule has 0 saturated heterocycles. The molecule has 0 spiro atoms. The molecule has 1 aromatic carbocycles. The Morgan fingerprint density at radius 2 is 1.75 bits per heavy atom. The summed E-state index contributed by atoms with van der Waals surface area (Å²) in [4.78, 5) is 2.20. The second-order valence-corrected chi connectivity index (χ2v) is 4.45. The first-order valence-corrected chi connectivity index (χ1v) is 6.10. The fraction of sp³-hybridized carbons (Fsp3) is 0.538. The van der Waals surface area contributed by atoms with Crippen LogP contribution in [0.15, 0.2) is 18.2 Å². The van der Waals surface area contributed by atoms with E-state index in [1.165, 1.54) is 16.8 Å². The van der Waals surface area contributed by atoms with Crippen molar-refractivity contribution in [2.45, 2.75) is 13.8 Å². The third-order valence-corrected chi connectivity index (χ3v) is 2.59. The zero-order valence-electron chi connectivity index (χ0n) is 10.3. The van der Waals surface area contributed by atoms with Crippen LogP contribution in [0.3, 0.4) is 0 Å². The molecule has 3 heteroatoms. The summed E-state index contributed by atoms with van der Waals surface area (Å²) in [5.41, 5.74) is 3.83. The van der Waals surface area contributed by atoms with E-state index in [0.29, 0.717) is 12.5 Å². The molecule has 0 heterocycles. The number of benzene rings is 1. The minimum absolute atomic E-state index is 0.563. The molecular formula is C13H20ClNO. The lowest BCUT2D eigenvalue weighted by molar-refractivity contribution is 0.156. The Morgan fingerprint density at radius 3 is 2.31 bits per heavy atom. The van der Waals surface area contributed by atoms with Crippen LogP contribution in [0.4, 0.5) is 5.69 Å². The Bertz CT molecular complexity index is 307. The summed E-state index contributed by atoms with van der Waals surface area (Å²) >= 11 is 5.54. The van der Waals surface area contributed by atoms with Gasteiger partial charge < -0.3 is 9.64 Å². The number of likely N-dealkylation sites (N-methyl/N-ethyl adjacent to an activating group) is 1. The van der Waals surface area contributed by atoms with Crippen molar-refractivity contribution in [3.8, 4) is 0 Å². The van der Waals surface area contributed by atoms with E-state index in [2.05, 4.69) is 44.0 Å². The van der Waals surface area contributed by atoms with Gasteiger partial charge in [0.15, 0.2) is 0 Å². The normalized spacial score (nSPS) is 10.5. The number of alkyl halides is 1. The first kappa shape index (κ1) is 13.3. The highest BCUT2D eigenvalue weighted by molar-refractivity contribution is 6.17. The summed E-state index contributed by atoms with van der Waals surface area (Å²) in [6.07, 6.45) is 0. The number of anilines is 1. The third kappa shape index (κ3) is 4.42. The number of halogens is 1. The fourth-order valence-electron chi connectivity index (χ4n) is 1.66. The van der Waals surface area contributed by atoms with Crippen LogP contribution in [-0.4, -0.2) is 32.7 Å². The second kappa shape index (κ2) is 6.77. The van der Waals surface area contributed by atoms with Crippen molar-refractivity contribution >= 4 is 17.3 Å². The van der Waals surface area contributed by atoms with E-state index in [-0.39, 0.29) is 0 Å². The molecule has 0 atom stereocenters. The molecule has 0 saturated carbocycles. The number of ether oxygens (including phenoxy) is 1. The van der Waals surface area contributed by atoms with E-state index in [9.17, 15) is 0 Å². The van der Waals surface area contributed by atoms with Gasteiger partial charge in [-0.25, -0.2) is 0 Å². The Balaban J connectivity index is 2.48. The molecule has 0 aliphatic heterocycles. The molecule has 0 aliphatic carbocycles. The topological polar surface area (TPSA) is 12.5 Å². The molecule has 1 aromatic rings. The molecular weight excluding hydrogens is 222 g/mol. The van der Waals surface area contributed by atoms with Gasteiger partial charge in [0.2, 0.25) is 0 Å². The van der Waals surface area contributed by atoms with Gasteiger partial charge in [-0.1, -0.05) is 6.07 Å². The standard InChI is InChI=1S/C13H20ClNO/c1-11-8-12(2)10-13(9-11)15(3)5-7-16-6-4-14/h8-10H,4-7H2,1-3H3. The van der Waals surface area contributed by atoms with Crippen LogP contribution in [0, 0.1) is 13.8 Å². The zero-order chi connectivity index (χ0) is 12.0. The molecule has 0 bridgehead atoms. The summed E-state index contributed by atoms with van der Waals surface area (Å²) in [6.45, 7) is 6.47. The summed E-state index contributed by atoms with van der Waals surface area (Å²) in [5, 5.41) is 0. The van der Waals surface area contributed by atoms with Gasteiger partial charge in [-0.15, -0.1) is 11.6 Å². The monoisotopic (exact) mass is 241 g/mol. The van der Waals surface area contributed by atoms with E-state index in [4.69, 9.17) is 16.3 Å². The summed E-state index contributed by atoms with van der Waals surface area (Å²) < 4.78 is 5.36. The minimum atomic E-state index is 0.563. The summed E-state index contributed by atoms with van der Waals surface area (Å²) in [5.74, 6) is 0.563. The van der Waals surface area contributed by atoms with Crippen molar-refractivity contribution in [1.29, 1.82) is 0 Å². The van der Waals surface area contributed by atoms with Crippen molar-refractivity contribution in [2.75, 3.05) is 37.6 Å². The SMILES string of the molecule is Cc1cc(C)cc(N(C)CCOCCCl)c1. The van der Waals surface area contributed by atoms with Crippen molar-refractivity contribution in [1.82, 2.24) is 0 Å². The molecule has 2 nitrogen and oxygen atoms in total. The lowest BCUT2D eigenvalue weighted by atomic mass is 10.1. The Labute approximate surface area is 103 Å². The Morgan fingerprint density at radius 1 is 1.12 bits per heavy atom. The summed E-state index contributed by atoms with van der Waals surface area (Å²) in [6, 6.07) is 6.56. The van der Waals surface area contributed by atoms with Crippen molar-refractivity contribution in [3.05, 3.63) is 29.3 Å². The molecule has 0 radical (unpaired) electrons. The molecule has 0 aromatic heterocycles. The molecule has 90 valence electrons. The van der Waals surface area contributed by atoms with Gasteiger partial charge in [-0.05, 0) is 37.1 Å². The van der Waals surface area contributed by atoms with E-state index in [1.807, 2.05) is 0 Å². The number of rotatable bonds is 6. The van der Waals surface area contributed by atoms with Gasteiger partial charge >= 0.3 is 0 Å². The lowest BCUT2D eigenvalue weighted by Gasteiger charge is -2.20. The largest absolute Gasteiger partial charge is 0.378 e. The number of hydrogen-bond acceptors (Lipinski definition) is 2. The molecule has 0 amide bonds. The Kier molecular flexibility index (Phi) is 5.64. The van der Waals surface area contributed by atoms with Crippen LogP contribution in [-0.2, 0) is 4.74 Å². The van der Waals surface area contributed by atoms with Crippen molar-refractivity contribution < 1.29 is 4.74 Å². The molecule has 0 N–H and O–H groups in total. The average Bonchev–Trinajstić information content (AvgIpc) is 2.22. The Hall–Kier alpha value is -0.730. The van der Waals surface area contributed by atoms with Gasteiger partial charge in [-0.2, -0.15) is 0 Å². The molecule has 0 aliphatic rings. The number of hydrogen-bond donors (Lipinski definition) is 0. The number of nitrogens with zero attached hydrogens (tertiary/aromatic N) is 1. The lowest BCUT2D eigenvalue weighted by Crippen LogP contribution is -2.23. The van der Waals surface area contributed by atoms with Gasteiger partial charge in [0.05, 0.1) is 13.2 Å². The van der Waals surface area contributed by atoms with Gasteiger partial charge in [0.25, 0.3) is 0 Å². The molecule has 0 fully saturated rings. The van der Waals surface area contributed by atoms with E-state index in [0.717, 1.165) is 13.2 Å². The highest BCUT2D eigenvalue weighted by Crippen LogP contribution is 2.17. The van der Waals surface area contributed by atoms with Crippen LogP contribution in [0.5, 0.6) is 0 Å². The van der Waals surface area contributed by atoms with E-state index in [1.54, 1.807) is 0 Å². The van der Waals surface area contributed by atoms with Crippen LogP contribution >= 0.6 is 11.6 Å². The second-order valence-electron chi connectivity index (χ2n) is 4.07. The highest BCUT2D eigenvalue weighted by atomic mass is 35.5. The maximum absolute atomic E-state index is 5.54. The average molecular weight is 242 g/mol. The third-order valence-electron chi connectivity index (χ3n) is 2.44. The van der Waals surface area contributed by atoms with E-state index < -0.39 is 0 Å². The van der Waals surface area contributed by atoms with Crippen molar-refractivity contribution in [2.24, 2.45) is 0 Å². The number of aryl methyl sites for hydroxylation is 2. The van der Waals surface area contributed by atoms with Crippen LogP contribution in [0.25, 0.3) is 0 Å². The molecule has 0 unspecified atom stereocenters.